The van der Waals surface area contributed by atoms with Gasteiger partial charge in [0.2, 0.25) is 5.91 Å². The van der Waals surface area contributed by atoms with E-state index < -0.39 is 0 Å². The molecule has 3 nitrogen and oxygen atoms in total. The summed E-state index contributed by atoms with van der Waals surface area (Å²) in [6, 6.07) is 14.4. The van der Waals surface area contributed by atoms with Crippen molar-refractivity contribution in [3.05, 3.63) is 66.0 Å². The molecule has 18 heavy (non-hydrogen) atoms. The lowest BCUT2D eigenvalue weighted by Gasteiger charge is -2.02. The van der Waals surface area contributed by atoms with E-state index in [1.54, 1.807) is 0 Å². The third kappa shape index (κ3) is 3.70. The molecule has 1 N–H and O–H groups in total. The summed E-state index contributed by atoms with van der Waals surface area (Å²) >= 11 is 0. The fraction of sp³-hybridized carbons (Fsp3) is 0.200. The summed E-state index contributed by atoms with van der Waals surface area (Å²) in [7, 11) is 0. The van der Waals surface area contributed by atoms with Crippen LogP contribution in [0, 0.1) is 0 Å². The Labute approximate surface area is 107 Å². The number of nitrogens with one attached hydrogen (secondary N) is 1. The first kappa shape index (κ1) is 12.3. The highest BCUT2D eigenvalue weighted by Crippen LogP contribution is 1.99. The third-order valence-corrected chi connectivity index (χ3v) is 2.71. The van der Waals surface area contributed by atoms with Crippen LogP contribution in [-0.2, 0) is 17.9 Å². The molecule has 92 valence electrons. The zero-order chi connectivity index (χ0) is 12.8. The van der Waals surface area contributed by atoms with E-state index in [1.165, 1.54) is 12.5 Å². The van der Waals surface area contributed by atoms with Crippen LogP contribution in [0.2, 0.25) is 0 Å². The molecule has 0 atom stereocenters. The average Bonchev–Trinajstić information content (AvgIpc) is 2.39. The number of pyridine rings is 1. The van der Waals surface area contributed by atoms with Gasteiger partial charge in [-0.05, 0) is 5.56 Å². The number of hydrogen-bond donors (Lipinski definition) is 1. The summed E-state index contributed by atoms with van der Waals surface area (Å²) in [6.45, 7) is 2.97. The van der Waals surface area contributed by atoms with Gasteiger partial charge in [0.05, 0.1) is 0 Å². The lowest BCUT2D eigenvalue weighted by molar-refractivity contribution is -0.688. The van der Waals surface area contributed by atoms with Crippen molar-refractivity contribution in [3.63, 3.8) is 0 Å². The molecule has 1 aromatic heterocycles. The number of benzene rings is 1. The first-order chi connectivity index (χ1) is 8.74. The molecule has 1 heterocycles. The predicted octanol–water partition coefficient (Wildman–Crippen LogP) is 1.66. The molecule has 0 spiro atoms. The Hall–Kier alpha value is -2.16. The number of hydrogen-bond acceptors (Lipinski definition) is 1. The molecular weight excluding hydrogens is 224 g/mol. The van der Waals surface area contributed by atoms with Crippen LogP contribution in [0.25, 0.3) is 0 Å². The first-order valence-corrected chi connectivity index (χ1v) is 6.00. The summed E-state index contributed by atoms with van der Waals surface area (Å²) in [5, 5.41) is 2.78. The minimum atomic E-state index is -0.00369. The highest BCUT2D eigenvalue weighted by atomic mass is 16.1. The van der Waals surface area contributed by atoms with Gasteiger partial charge in [-0.3, -0.25) is 4.79 Å². The van der Waals surface area contributed by atoms with E-state index in [9.17, 15) is 4.79 Å². The molecule has 2 aromatic rings. The van der Waals surface area contributed by atoms with Gasteiger partial charge in [0.15, 0.2) is 18.9 Å². The molecule has 0 saturated carbocycles. The fourth-order valence-electron chi connectivity index (χ4n) is 1.73. The van der Waals surface area contributed by atoms with E-state index in [4.69, 9.17) is 0 Å². The van der Waals surface area contributed by atoms with Crippen LogP contribution < -0.4 is 9.88 Å². The Morgan fingerprint density at radius 1 is 1.06 bits per heavy atom. The Morgan fingerprint density at radius 2 is 1.72 bits per heavy atom. The standard InChI is InChI=1S/C15H16N2O/c1-13(18)16-11-14-7-9-17(10-8-14)12-15-5-3-2-4-6-15/h2-10H,11-12H2,1H3/p+1. The van der Waals surface area contributed by atoms with Gasteiger partial charge >= 0.3 is 0 Å². The van der Waals surface area contributed by atoms with Gasteiger partial charge in [-0.25, -0.2) is 4.57 Å². The molecule has 0 radical (unpaired) electrons. The van der Waals surface area contributed by atoms with Crippen molar-refractivity contribution >= 4 is 5.91 Å². The van der Waals surface area contributed by atoms with Crippen molar-refractivity contribution in [1.82, 2.24) is 5.32 Å². The number of amides is 1. The molecule has 0 aliphatic heterocycles. The van der Waals surface area contributed by atoms with E-state index in [0.29, 0.717) is 6.54 Å². The quantitative estimate of drug-likeness (QED) is 0.811. The summed E-state index contributed by atoms with van der Waals surface area (Å²) in [5.41, 5.74) is 2.38. The molecule has 0 aliphatic carbocycles. The van der Waals surface area contributed by atoms with Gasteiger partial charge in [-0.1, -0.05) is 30.3 Å². The minimum absolute atomic E-state index is 0.00369. The molecule has 0 unspecified atom stereocenters. The SMILES string of the molecule is CC(=O)NCc1cc[n+](Cc2ccccc2)cc1. The topological polar surface area (TPSA) is 33.0 Å². The maximum absolute atomic E-state index is 10.8. The first-order valence-electron chi connectivity index (χ1n) is 6.00. The fourth-order valence-corrected chi connectivity index (χ4v) is 1.73. The zero-order valence-corrected chi connectivity index (χ0v) is 10.5. The predicted molar refractivity (Wildman–Crippen MR) is 69.7 cm³/mol. The van der Waals surface area contributed by atoms with Crippen molar-refractivity contribution in [2.45, 2.75) is 20.0 Å². The Kier molecular flexibility index (Phi) is 4.07. The molecule has 0 saturated heterocycles. The molecule has 1 amide bonds. The van der Waals surface area contributed by atoms with Crippen molar-refractivity contribution < 1.29 is 9.36 Å². The van der Waals surface area contributed by atoms with Crippen LogP contribution in [0.4, 0.5) is 0 Å². The second kappa shape index (κ2) is 5.96. The zero-order valence-electron chi connectivity index (χ0n) is 10.5. The van der Waals surface area contributed by atoms with Crippen molar-refractivity contribution in [3.8, 4) is 0 Å². The van der Waals surface area contributed by atoms with Gasteiger partial charge in [0, 0.05) is 31.2 Å². The third-order valence-electron chi connectivity index (χ3n) is 2.71. The largest absolute Gasteiger partial charge is 0.352 e. The summed E-state index contributed by atoms with van der Waals surface area (Å²) in [5.74, 6) is -0.00369. The number of aromatic nitrogens is 1. The number of carbonyl (C=O) groups excluding carboxylic acids is 1. The highest BCUT2D eigenvalue weighted by Gasteiger charge is 2.02. The van der Waals surface area contributed by atoms with E-state index in [-0.39, 0.29) is 5.91 Å². The lowest BCUT2D eigenvalue weighted by Crippen LogP contribution is -2.33. The van der Waals surface area contributed by atoms with Crippen LogP contribution in [0.1, 0.15) is 18.1 Å². The monoisotopic (exact) mass is 241 g/mol. The van der Waals surface area contributed by atoms with E-state index >= 15 is 0 Å². The molecule has 2 rings (SSSR count). The Balaban J connectivity index is 1.97. The number of nitrogens with zero attached hydrogens (tertiary/aromatic N) is 1. The summed E-state index contributed by atoms with van der Waals surface area (Å²) in [6.07, 6.45) is 4.06. The van der Waals surface area contributed by atoms with Gasteiger partial charge < -0.3 is 5.32 Å². The Morgan fingerprint density at radius 3 is 2.33 bits per heavy atom. The van der Waals surface area contributed by atoms with E-state index in [1.807, 2.05) is 42.7 Å². The van der Waals surface area contributed by atoms with Gasteiger partial charge in [-0.2, -0.15) is 0 Å². The van der Waals surface area contributed by atoms with Crippen LogP contribution in [0.5, 0.6) is 0 Å². The van der Waals surface area contributed by atoms with Crippen LogP contribution in [0.3, 0.4) is 0 Å². The highest BCUT2D eigenvalue weighted by molar-refractivity contribution is 5.72. The molecular formula is C15H17N2O+. The van der Waals surface area contributed by atoms with Gasteiger partial charge in [-0.15, -0.1) is 0 Å². The maximum atomic E-state index is 10.8. The van der Waals surface area contributed by atoms with Crippen molar-refractivity contribution in [2.75, 3.05) is 0 Å². The van der Waals surface area contributed by atoms with Crippen LogP contribution in [-0.4, -0.2) is 5.91 Å². The van der Waals surface area contributed by atoms with Crippen molar-refractivity contribution in [1.29, 1.82) is 0 Å². The minimum Gasteiger partial charge on any atom is -0.352 e. The second-order valence-corrected chi connectivity index (χ2v) is 4.27. The molecule has 0 aliphatic rings. The van der Waals surface area contributed by atoms with Crippen LogP contribution >= 0.6 is 0 Å². The molecule has 1 aromatic carbocycles. The number of carbonyl (C=O) groups is 1. The summed E-state index contributed by atoms with van der Waals surface area (Å²) in [4.78, 5) is 10.8. The molecule has 0 fully saturated rings. The van der Waals surface area contributed by atoms with Gasteiger partial charge in [0.25, 0.3) is 0 Å². The normalized spacial score (nSPS) is 10.1. The Bertz CT molecular complexity index is 506. The molecule has 3 heteroatoms. The van der Waals surface area contributed by atoms with E-state index in [0.717, 1.165) is 12.1 Å². The molecule has 0 bridgehead atoms. The smallest absolute Gasteiger partial charge is 0.217 e. The van der Waals surface area contributed by atoms with Crippen molar-refractivity contribution in [2.24, 2.45) is 0 Å². The van der Waals surface area contributed by atoms with Gasteiger partial charge in [0.1, 0.15) is 0 Å². The van der Waals surface area contributed by atoms with Crippen LogP contribution in [0.15, 0.2) is 54.9 Å². The summed E-state index contributed by atoms with van der Waals surface area (Å²) < 4.78 is 2.12. The lowest BCUT2D eigenvalue weighted by atomic mass is 10.2. The average molecular weight is 241 g/mol. The maximum Gasteiger partial charge on any atom is 0.217 e. The number of rotatable bonds is 4. The second-order valence-electron chi connectivity index (χ2n) is 4.27. The van der Waals surface area contributed by atoms with E-state index in [2.05, 4.69) is 22.0 Å².